The quantitative estimate of drug-likeness (QED) is 0.588. The summed E-state index contributed by atoms with van der Waals surface area (Å²) in [6.45, 7) is 2.30. The molecule has 0 saturated carbocycles. The summed E-state index contributed by atoms with van der Waals surface area (Å²) in [5.41, 5.74) is 1.73. The van der Waals surface area contributed by atoms with Crippen LogP contribution in [-0.2, 0) is 17.9 Å². The van der Waals surface area contributed by atoms with Gasteiger partial charge in [-0.05, 0) is 55.0 Å². The molecular weight excluding hydrogens is 438 g/mol. The maximum absolute atomic E-state index is 13.9. The maximum atomic E-state index is 13.9. The minimum atomic E-state index is -0.950. The number of rotatable bonds is 4. The molecule has 0 spiro atoms. The number of hydrogen-bond acceptors (Lipinski definition) is 3. The number of halogens is 3. The molecule has 0 radical (unpaired) electrons. The Balaban J connectivity index is 1.57. The first-order valence-corrected chi connectivity index (χ1v) is 10.3. The Bertz CT molecular complexity index is 1180. The normalized spacial score (nSPS) is 15.6. The highest BCUT2D eigenvalue weighted by molar-refractivity contribution is 6.30. The monoisotopic (exact) mass is 456 g/mol. The molecule has 164 valence electrons. The number of benzene rings is 3. The molecule has 2 amide bonds. The van der Waals surface area contributed by atoms with Gasteiger partial charge in [0.2, 0.25) is 0 Å². The highest BCUT2D eigenvalue weighted by Crippen LogP contribution is 2.30. The zero-order valence-corrected chi connectivity index (χ0v) is 17.8. The van der Waals surface area contributed by atoms with E-state index in [0.29, 0.717) is 34.6 Å². The lowest BCUT2D eigenvalue weighted by molar-refractivity contribution is -0.138. The Hall–Kier alpha value is -3.45. The number of amides is 2. The predicted molar refractivity (Wildman–Crippen MR) is 117 cm³/mol. The Morgan fingerprint density at radius 3 is 2.59 bits per heavy atom. The Labute approximate surface area is 188 Å². The molecule has 1 N–H and O–H groups in total. The standard InChI is InChI=1S/C24H19ClF2N2O3/c1-14-24(31)29(12-15-2-4-17(25)5-3-15)13-16-10-19(7-9-22(16)32-14)28-23(30)20-8-6-18(26)11-21(20)27/h2-11,14H,12-13H2,1H3,(H,28,30). The van der Waals surface area contributed by atoms with E-state index < -0.39 is 23.6 Å². The van der Waals surface area contributed by atoms with Crippen LogP contribution in [0.4, 0.5) is 14.5 Å². The molecular formula is C24H19ClF2N2O3. The van der Waals surface area contributed by atoms with Crippen LogP contribution in [0.1, 0.15) is 28.4 Å². The number of ether oxygens (including phenoxy) is 1. The number of nitrogens with zero attached hydrogens (tertiary/aromatic N) is 1. The Kier molecular flexibility index (Phi) is 6.10. The van der Waals surface area contributed by atoms with Gasteiger partial charge in [-0.2, -0.15) is 0 Å². The third-order valence-electron chi connectivity index (χ3n) is 5.11. The van der Waals surface area contributed by atoms with Gasteiger partial charge in [0.15, 0.2) is 6.10 Å². The molecule has 1 aliphatic heterocycles. The Morgan fingerprint density at radius 2 is 1.88 bits per heavy atom. The second kappa shape index (κ2) is 8.96. The van der Waals surface area contributed by atoms with Crippen molar-refractivity contribution in [2.45, 2.75) is 26.1 Å². The highest BCUT2D eigenvalue weighted by atomic mass is 35.5. The summed E-state index contributed by atoms with van der Waals surface area (Å²) < 4.78 is 32.8. The average molecular weight is 457 g/mol. The summed E-state index contributed by atoms with van der Waals surface area (Å²) in [6.07, 6.45) is -0.683. The second-order valence-corrected chi connectivity index (χ2v) is 7.92. The first kappa shape index (κ1) is 21.8. The highest BCUT2D eigenvalue weighted by Gasteiger charge is 2.28. The molecule has 5 nitrogen and oxygen atoms in total. The van der Waals surface area contributed by atoms with Crippen molar-refractivity contribution in [2.75, 3.05) is 5.32 Å². The zero-order valence-electron chi connectivity index (χ0n) is 17.1. The van der Waals surface area contributed by atoms with E-state index in [0.717, 1.165) is 17.7 Å². The lowest BCUT2D eigenvalue weighted by Gasteiger charge is -2.22. The van der Waals surface area contributed by atoms with E-state index in [1.165, 1.54) is 0 Å². The molecule has 1 atom stereocenters. The van der Waals surface area contributed by atoms with E-state index in [9.17, 15) is 18.4 Å². The number of fused-ring (bicyclic) bond motifs is 1. The fourth-order valence-electron chi connectivity index (χ4n) is 3.49. The van der Waals surface area contributed by atoms with Gasteiger partial charge < -0.3 is 15.0 Å². The molecule has 0 aromatic heterocycles. The molecule has 1 unspecified atom stereocenters. The maximum Gasteiger partial charge on any atom is 0.263 e. The van der Waals surface area contributed by atoms with Crippen LogP contribution in [-0.4, -0.2) is 22.8 Å². The van der Waals surface area contributed by atoms with Crippen LogP contribution in [0.2, 0.25) is 5.02 Å². The van der Waals surface area contributed by atoms with E-state index in [2.05, 4.69) is 5.32 Å². The van der Waals surface area contributed by atoms with Crippen LogP contribution in [0.15, 0.2) is 60.7 Å². The fraction of sp³-hybridized carbons (Fsp3) is 0.167. The molecule has 0 bridgehead atoms. The molecule has 4 rings (SSSR count). The second-order valence-electron chi connectivity index (χ2n) is 7.48. The number of anilines is 1. The van der Waals surface area contributed by atoms with Crippen LogP contribution >= 0.6 is 11.6 Å². The number of carbonyl (C=O) groups excluding carboxylic acids is 2. The van der Waals surface area contributed by atoms with Crippen molar-refractivity contribution in [1.29, 1.82) is 0 Å². The number of hydrogen-bond donors (Lipinski definition) is 1. The van der Waals surface area contributed by atoms with Crippen LogP contribution < -0.4 is 10.1 Å². The topological polar surface area (TPSA) is 58.6 Å². The lowest BCUT2D eigenvalue weighted by atomic mass is 10.1. The van der Waals surface area contributed by atoms with Gasteiger partial charge in [-0.25, -0.2) is 8.78 Å². The van der Waals surface area contributed by atoms with Crippen LogP contribution in [0.3, 0.4) is 0 Å². The van der Waals surface area contributed by atoms with Gasteiger partial charge in [-0.15, -0.1) is 0 Å². The van der Waals surface area contributed by atoms with Gasteiger partial charge in [-0.1, -0.05) is 23.7 Å². The minimum Gasteiger partial charge on any atom is -0.481 e. The van der Waals surface area contributed by atoms with E-state index in [1.54, 1.807) is 42.2 Å². The number of carbonyl (C=O) groups is 2. The lowest BCUT2D eigenvalue weighted by Crippen LogP contribution is -2.37. The van der Waals surface area contributed by atoms with Crippen LogP contribution in [0, 0.1) is 11.6 Å². The molecule has 3 aromatic carbocycles. The summed E-state index contributed by atoms with van der Waals surface area (Å²) in [5, 5.41) is 3.21. The molecule has 32 heavy (non-hydrogen) atoms. The predicted octanol–water partition coefficient (Wildman–Crippen LogP) is 5.18. The van der Waals surface area contributed by atoms with Crippen molar-refractivity contribution in [2.24, 2.45) is 0 Å². The minimum absolute atomic E-state index is 0.171. The van der Waals surface area contributed by atoms with E-state index in [4.69, 9.17) is 16.3 Å². The van der Waals surface area contributed by atoms with Crippen molar-refractivity contribution < 1.29 is 23.1 Å². The molecule has 1 heterocycles. The summed E-state index contributed by atoms with van der Waals surface area (Å²) in [7, 11) is 0. The van der Waals surface area contributed by atoms with E-state index >= 15 is 0 Å². The molecule has 0 fully saturated rings. The van der Waals surface area contributed by atoms with Crippen molar-refractivity contribution >= 4 is 29.1 Å². The zero-order chi connectivity index (χ0) is 22.8. The largest absolute Gasteiger partial charge is 0.481 e. The smallest absolute Gasteiger partial charge is 0.263 e. The first-order chi connectivity index (χ1) is 15.3. The Morgan fingerprint density at radius 1 is 1.12 bits per heavy atom. The summed E-state index contributed by atoms with van der Waals surface area (Å²) in [6, 6.07) is 14.9. The molecule has 1 aliphatic rings. The molecule has 0 saturated heterocycles. The fourth-order valence-corrected chi connectivity index (χ4v) is 3.62. The van der Waals surface area contributed by atoms with Gasteiger partial charge in [0.25, 0.3) is 11.8 Å². The van der Waals surface area contributed by atoms with E-state index in [1.807, 2.05) is 12.1 Å². The van der Waals surface area contributed by atoms with Gasteiger partial charge >= 0.3 is 0 Å². The summed E-state index contributed by atoms with van der Waals surface area (Å²) >= 11 is 5.94. The van der Waals surface area contributed by atoms with Gasteiger partial charge in [0.05, 0.1) is 5.56 Å². The van der Waals surface area contributed by atoms with Gasteiger partial charge in [0, 0.05) is 35.4 Å². The molecule has 3 aromatic rings. The summed E-state index contributed by atoms with van der Waals surface area (Å²) in [4.78, 5) is 26.9. The average Bonchev–Trinajstić information content (AvgIpc) is 2.86. The third kappa shape index (κ3) is 4.73. The van der Waals surface area contributed by atoms with Crippen molar-refractivity contribution in [3.8, 4) is 5.75 Å². The first-order valence-electron chi connectivity index (χ1n) is 9.89. The van der Waals surface area contributed by atoms with Crippen molar-refractivity contribution in [3.63, 3.8) is 0 Å². The third-order valence-corrected chi connectivity index (χ3v) is 5.36. The van der Waals surface area contributed by atoms with Crippen LogP contribution in [0.25, 0.3) is 0 Å². The molecule has 0 aliphatic carbocycles. The van der Waals surface area contributed by atoms with Crippen molar-refractivity contribution in [1.82, 2.24) is 4.90 Å². The van der Waals surface area contributed by atoms with Gasteiger partial charge in [-0.3, -0.25) is 9.59 Å². The molecule has 8 heteroatoms. The van der Waals surface area contributed by atoms with E-state index in [-0.39, 0.29) is 18.0 Å². The summed E-state index contributed by atoms with van der Waals surface area (Å²) in [5.74, 6) is -2.07. The van der Waals surface area contributed by atoms with Crippen LogP contribution in [0.5, 0.6) is 5.75 Å². The SMILES string of the molecule is CC1Oc2ccc(NC(=O)c3ccc(F)cc3F)cc2CN(Cc2ccc(Cl)cc2)C1=O. The van der Waals surface area contributed by atoms with Crippen molar-refractivity contribution in [3.05, 3.63) is 94.0 Å². The number of nitrogens with one attached hydrogen (secondary N) is 1. The van der Waals surface area contributed by atoms with Gasteiger partial charge in [0.1, 0.15) is 17.4 Å².